The fraction of sp³-hybridized carbons (Fsp3) is 0.435. The van der Waals surface area contributed by atoms with E-state index in [0.717, 1.165) is 16.2 Å². The lowest BCUT2D eigenvalue weighted by molar-refractivity contribution is -0.133. The molecule has 1 fully saturated rings. The highest BCUT2D eigenvalue weighted by atomic mass is 32.1. The maximum atomic E-state index is 12.8. The molecule has 152 valence electrons. The molecule has 1 atom stereocenters. The first-order chi connectivity index (χ1) is 13.7. The number of amides is 1. The van der Waals surface area contributed by atoms with Crippen LogP contribution in [0, 0.1) is 0 Å². The molecule has 0 radical (unpaired) electrons. The highest BCUT2D eigenvalue weighted by Gasteiger charge is 2.40. The fourth-order valence-corrected chi connectivity index (χ4v) is 4.88. The maximum absolute atomic E-state index is 12.8. The largest absolute Gasteiger partial charge is 0.488 e. The van der Waals surface area contributed by atoms with Gasteiger partial charge in [0.05, 0.1) is 18.0 Å². The average molecular weight is 412 g/mol. The Kier molecular flexibility index (Phi) is 5.07. The van der Waals surface area contributed by atoms with E-state index in [1.54, 1.807) is 4.90 Å². The minimum atomic E-state index is -0.476. The van der Waals surface area contributed by atoms with Crippen LogP contribution >= 0.6 is 11.3 Å². The van der Waals surface area contributed by atoms with Crippen LogP contribution in [0.15, 0.2) is 29.6 Å². The molecule has 1 aromatic heterocycles. The zero-order valence-corrected chi connectivity index (χ0v) is 17.8. The monoisotopic (exact) mass is 411 g/mol. The summed E-state index contributed by atoms with van der Waals surface area (Å²) in [6.07, 6.45) is 0.748. The molecule has 2 aromatic rings. The Morgan fingerprint density at radius 1 is 1.14 bits per heavy atom. The summed E-state index contributed by atoms with van der Waals surface area (Å²) in [5.74, 6) is 0.519. The molecule has 1 aliphatic carbocycles. The first-order valence-electron chi connectivity index (χ1n) is 9.92. The van der Waals surface area contributed by atoms with Crippen LogP contribution in [0.5, 0.6) is 5.75 Å². The number of ether oxygens (including phenoxy) is 1. The van der Waals surface area contributed by atoms with Gasteiger partial charge in [-0.3, -0.25) is 14.4 Å². The molecular formula is C23H25NO4S. The number of carbonyl (C=O) groups excluding carboxylic acids is 3. The second-order valence-corrected chi connectivity index (χ2v) is 9.75. The molecule has 0 spiro atoms. The first-order valence-corrected chi connectivity index (χ1v) is 10.8. The number of rotatable bonds is 4. The van der Waals surface area contributed by atoms with Gasteiger partial charge < -0.3 is 9.64 Å². The molecular weight excluding hydrogens is 386 g/mol. The van der Waals surface area contributed by atoms with Gasteiger partial charge >= 0.3 is 0 Å². The zero-order chi connectivity index (χ0) is 20.8. The highest BCUT2D eigenvalue weighted by Crippen LogP contribution is 2.35. The highest BCUT2D eigenvalue weighted by molar-refractivity contribution is 7.10. The Balaban J connectivity index is 1.44. The topological polar surface area (TPSA) is 63.7 Å². The lowest BCUT2D eigenvalue weighted by atomic mass is 9.87. The quantitative estimate of drug-likeness (QED) is 0.705. The predicted molar refractivity (Wildman–Crippen MR) is 111 cm³/mol. The number of hydrogen-bond acceptors (Lipinski definition) is 5. The SMILES string of the molecule is CC(C)(C)c1ccc(OCc2scc3c2CN([C@H]2CCC(=O)CC2=O)C3=O)cc1. The summed E-state index contributed by atoms with van der Waals surface area (Å²) in [5.41, 5.74) is 2.97. The van der Waals surface area contributed by atoms with Crippen molar-refractivity contribution in [3.63, 3.8) is 0 Å². The Morgan fingerprint density at radius 3 is 2.52 bits per heavy atom. The molecule has 2 heterocycles. The summed E-state index contributed by atoms with van der Waals surface area (Å²) < 4.78 is 5.96. The van der Waals surface area contributed by atoms with Crippen LogP contribution in [0.1, 0.15) is 66.4 Å². The van der Waals surface area contributed by atoms with Gasteiger partial charge in [0.25, 0.3) is 5.91 Å². The van der Waals surface area contributed by atoms with Gasteiger partial charge in [0.1, 0.15) is 18.1 Å². The minimum absolute atomic E-state index is 0.0290. The second kappa shape index (κ2) is 7.41. The van der Waals surface area contributed by atoms with Gasteiger partial charge in [-0.2, -0.15) is 0 Å². The molecule has 5 nitrogen and oxygen atoms in total. The molecule has 0 unspecified atom stereocenters. The van der Waals surface area contributed by atoms with Crippen LogP contribution in [-0.4, -0.2) is 28.4 Å². The van der Waals surface area contributed by atoms with Crippen LogP contribution in [0.2, 0.25) is 0 Å². The van der Waals surface area contributed by atoms with Gasteiger partial charge in [-0.25, -0.2) is 0 Å². The molecule has 2 aliphatic rings. The summed E-state index contributed by atoms with van der Waals surface area (Å²) >= 11 is 1.52. The zero-order valence-electron chi connectivity index (χ0n) is 17.0. The van der Waals surface area contributed by atoms with Gasteiger partial charge in [-0.15, -0.1) is 11.3 Å². The minimum Gasteiger partial charge on any atom is -0.488 e. The molecule has 4 rings (SSSR count). The predicted octanol–water partition coefficient (Wildman–Crippen LogP) is 4.27. The number of fused-ring (bicyclic) bond motifs is 1. The smallest absolute Gasteiger partial charge is 0.255 e. The lowest BCUT2D eigenvalue weighted by Crippen LogP contribution is -2.44. The third-order valence-corrected chi connectivity index (χ3v) is 6.71. The Bertz CT molecular complexity index is 968. The third-order valence-electron chi connectivity index (χ3n) is 5.71. The van der Waals surface area contributed by atoms with E-state index in [2.05, 4.69) is 32.9 Å². The number of nitrogens with zero attached hydrogens (tertiary/aromatic N) is 1. The van der Waals surface area contributed by atoms with E-state index in [1.807, 2.05) is 17.5 Å². The van der Waals surface area contributed by atoms with E-state index in [-0.39, 0.29) is 29.3 Å². The number of hydrogen-bond donors (Lipinski definition) is 0. The van der Waals surface area contributed by atoms with E-state index < -0.39 is 6.04 Å². The van der Waals surface area contributed by atoms with Gasteiger partial charge in [-0.1, -0.05) is 32.9 Å². The molecule has 0 saturated heterocycles. The molecule has 1 saturated carbocycles. The van der Waals surface area contributed by atoms with Crippen molar-refractivity contribution in [3.8, 4) is 5.75 Å². The van der Waals surface area contributed by atoms with Crippen molar-refractivity contribution < 1.29 is 19.1 Å². The van der Waals surface area contributed by atoms with E-state index in [1.165, 1.54) is 16.9 Å². The van der Waals surface area contributed by atoms with Crippen LogP contribution in [0.25, 0.3) is 0 Å². The second-order valence-electron chi connectivity index (χ2n) is 8.78. The van der Waals surface area contributed by atoms with Crippen molar-refractivity contribution in [1.29, 1.82) is 0 Å². The molecule has 0 bridgehead atoms. The normalized spacial score (nSPS) is 19.6. The van der Waals surface area contributed by atoms with Crippen molar-refractivity contribution in [3.05, 3.63) is 51.2 Å². The summed E-state index contributed by atoms with van der Waals surface area (Å²) in [6.45, 7) is 7.34. The number of thiophene rings is 1. The van der Waals surface area contributed by atoms with Gasteiger partial charge in [-0.05, 0) is 29.5 Å². The molecule has 6 heteroatoms. The first kappa shape index (κ1) is 19.8. The van der Waals surface area contributed by atoms with E-state index in [9.17, 15) is 14.4 Å². The Labute approximate surface area is 174 Å². The fourth-order valence-electron chi connectivity index (χ4n) is 3.93. The van der Waals surface area contributed by atoms with E-state index >= 15 is 0 Å². The van der Waals surface area contributed by atoms with Crippen molar-refractivity contribution in [2.75, 3.05) is 0 Å². The van der Waals surface area contributed by atoms with Crippen LogP contribution in [0.4, 0.5) is 0 Å². The number of ketones is 2. The van der Waals surface area contributed by atoms with Crippen LogP contribution in [-0.2, 0) is 28.2 Å². The maximum Gasteiger partial charge on any atom is 0.255 e. The standard InChI is InChI=1S/C23H25NO4S/c1-23(2,3)14-4-7-16(8-5-14)28-12-21-17-11-24(22(27)18(17)13-29-21)19-9-6-15(25)10-20(19)26/h4-5,7-8,13,19H,6,9-12H2,1-3H3/t19-/m0/s1. The Hall–Kier alpha value is -2.47. The van der Waals surface area contributed by atoms with Crippen LogP contribution in [0.3, 0.4) is 0 Å². The van der Waals surface area contributed by atoms with E-state index in [4.69, 9.17) is 4.74 Å². The lowest BCUT2D eigenvalue weighted by Gasteiger charge is -2.29. The molecule has 1 amide bonds. The van der Waals surface area contributed by atoms with Crippen molar-refractivity contribution in [2.45, 2.75) is 64.6 Å². The van der Waals surface area contributed by atoms with Crippen molar-refractivity contribution in [1.82, 2.24) is 4.90 Å². The number of benzene rings is 1. The molecule has 0 N–H and O–H groups in total. The van der Waals surface area contributed by atoms with Gasteiger partial charge in [0.2, 0.25) is 0 Å². The van der Waals surface area contributed by atoms with Crippen molar-refractivity contribution in [2.24, 2.45) is 0 Å². The molecule has 1 aliphatic heterocycles. The molecule has 29 heavy (non-hydrogen) atoms. The summed E-state index contributed by atoms with van der Waals surface area (Å²) in [4.78, 5) is 39.2. The van der Waals surface area contributed by atoms with Crippen LogP contribution < -0.4 is 4.74 Å². The molecule has 1 aromatic carbocycles. The van der Waals surface area contributed by atoms with Gasteiger partial charge in [0.15, 0.2) is 5.78 Å². The van der Waals surface area contributed by atoms with Gasteiger partial charge in [0, 0.05) is 28.8 Å². The van der Waals surface area contributed by atoms with Crippen molar-refractivity contribution >= 4 is 28.8 Å². The summed E-state index contributed by atoms with van der Waals surface area (Å²) in [6, 6.07) is 7.63. The number of Topliss-reactive ketones (excluding diaryl/α,β-unsaturated/α-hetero) is 2. The van der Waals surface area contributed by atoms with E-state index in [0.29, 0.717) is 31.6 Å². The number of carbonyl (C=O) groups is 3. The third kappa shape index (κ3) is 3.86. The Morgan fingerprint density at radius 2 is 1.86 bits per heavy atom. The average Bonchev–Trinajstić information content (AvgIpc) is 3.20. The summed E-state index contributed by atoms with van der Waals surface area (Å²) in [5, 5.41) is 1.86. The summed E-state index contributed by atoms with van der Waals surface area (Å²) in [7, 11) is 0.